The first-order valence-electron chi connectivity index (χ1n) is 7.25. The van der Waals surface area contributed by atoms with Gasteiger partial charge in [-0.2, -0.15) is 16.4 Å². The van der Waals surface area contributed by atoms with Crippen LogP contribution in [0.2, 0.25) is 0 Å². The van der Waals surface area contributed by atoms with E-state index in [0.717, 1.165) is 18.7 Å². The van der Waals surface area contributed by atoms with Crippen LogP contribution >= 0.6 is 11.3 Å². The molecule has 3 rings (SSSR count). The number of amides is 1. The predicted octanol–water partition coefficient (Wildman–Crippen LogP) is 1.63. The zero-order chi connectivity index (χ0) is 15.4. The molecule has 7 heteroatoms. The maximum atomic E-state index is 12.0. The number of thiophene rings is 1. The summed E-state index contributed by atoms with van der Waals surface area (Å²) in [6.07, 6.45) is 2.72. The van der Waals surface area contributed by atoms with Crippen molar-refractivity contribution in [3.8, 4) is 0 Å². The van der Waals surface area contributed by atoms with Crippen molar-refractivity contribution in [2.45, 2.75) is 19.1 Å². The van der Waals surface area contributed by atoms with E-state index in [9.17, 15) is 4.79 Å². The SMILES string of the molecule is COCCn1cc2c(n1)[C@@H](CNC(=O)c1ccsc1)OCC2. The molecule has 1 aliphatic heterocycles. The third kappa shape index (κ3) is 3.37. The van der Waals surface area contributed by atoms with Gasteiger partial charge in [-0.25, -0.2) is 0 Å². The lowest BCUT2D eigenvalue weighted by atomic mass is 10.1. The number of nitrogens with zero attached hydrogens (tertiary/aromatic N) is 2. The maximum Gasteiger partial charge on any atom is 0.252 e. The Hall–Kier alpha value is -1.70. The van der Waals surface area contributed by atoms with Crippen molar-refractivity contribution in [2.24, 2.45) is 0 Å². The van der Waals surface area contributed by atoms with Crippen molar-refractivity contribution < 1.29 is 14.3 Å². The molecule has 0 saturated carbocycles. The molecule has 0 radical (unpaired) electrons. The van der Waals surface area contributed by atoms with Crippen molar-refractivity contribution in [1.29, 1.82) is 0 Å². The first kappa shape index (κ1) is 15.2. The molecule has 3 heterocycles. The van der Waals surface area contributed by atoms with Gasteiger partial charge in [0.2, 0.25) is 0 Å². The molecule has 1 amide bonds. The zero-order valence-electron chi connectivity index (χ0n) is 12.4. The zero-order valence-corrected chi connectivity index (χ0v) is 13.3. The number of carbonyl (C=O) groups excluding carboxylic acids is 1. The van der Waals surface area contributed by atoms with Gasteiger partial charge >= 0.3 is 0 Å². The fourth-order valence-electron chi connectivity index (χ4n) is 2.47. The first-order valence-corrected chi connectivity index (χ1v) is 8.19. The smallest absolute Gasteiger partial charge is 0.252 e. The maximum absolute atomic E-state index is 12.0. The van der Waals surface area contributed by atoms with E-state index in [4.69, 9.17) is 9.47 Å². The number of nitrogens with one attached hydrogen (secondary N) is 1. The molecule has 2 aromatic rings. The molecule has 22 heavy (non-hydrogen) atoms. The normalized spacial score (nSPS) is 17.2. The van der Waals surface area contributed by atoms with Crippen LogP contribution in [-0.4, -0.2) is 42.6 Å². The predicted molar refractivity (Wildman–Crippen MR) is 83.2 cm³/mol. The average Bonchev–Trinajstić information content (AvgIpc) is 3.19. The van der Waals surface area contributed by atoms with Crippen LogP contribution in [0.4, 0.5) is 0 Å². The number of methoxy groups -OCH3 is 1. The molecule has 0 bridgehead atoms. The molecule has 0 aromatic carbocycles. The summed E-state index contributed by atoms with van der Waals surface area (Å²) in [5.41, 5.74) is 2.80. The third-order valence-electron chi connectivity index (χ3n) is 3.62. The van der Waals surface area contributed by atoms with Crippen LogP contribution in [0.15, 0.2) is 23.0 Å². The highest BCUT2D eigenvalue weighted by atomic mass is 32.1. The largest absolute Gasteiger partial charge is 0.383 e. The van der Waals surface area contributed by atoms with Gasteiger partial charge in [-0.15, -0.1) is 0 Å². The Kier molecular flexibility index (Phi) is 4.87. The molecule has 1 N–H and O–H groups in total. The van der Waals surface area contributed by atoms with E-state index in [1.807, 2.05) is 27.7 Å². The number of rotatable bonds is 6. The molecule has 0 aliphatic carbocycles. The topological polar surface area (TPSA) is 65.4 Å². The van der Waals surface area contributed by atoms with E-state index in [0.29, 0.717) is 25.3 Å². The number of carbonyl (C=O) groups is 1. The molecule has 118 valence electrons. The molecule has 0 saturated heterocycles. The van der Waals surface area contributed by atoms with Crippen LogP contribution in [0.25, 0.3) is 0 Å². The summed E-state index contributed by atoms with van der Waals surface area (Å²) in [6.45, 7) is 2.43. The van der Waals surface area contributed by atoms with Gasteiger partial charge in [-0.1, -0.05) is 0 Å². The number of aromatic nitrogens is 2. The van der Waals surface area contributed by atoms with Crippen molar-refractivity contribution >= 4 is 17.2 Å². The molecular formula is C15H19N3O3S. The van der Waals surface area contributed by atoms with Crippen LogP contribution in [0, 0.1) is 0 Å². The van der Waals surface area contributed by atoms with Gasteiger partial charge in [-0.3, -0.25) is 9.48 Å². The summed E-state index contributed by atoms with van der Waals surface area (Å²) >= 11 is 1.51. The van der Waals surface area contributed by atoms with Crippen LogP contribution in [0.3, 0.4) is 0 Å². The van der Waals surface area contributed by atoms with Crippen molar-refractivity contribution in [3.05, 3.63) is 39.8 Å². The molecule has 2 aromatic heterocycles. The lowest BCUT2D eigenvalue weighted by Crippen LogP contribution is -2.31. The Morgan fingerprint density at radius 1 is 1.64 bits per heavy atom. The van der Waals surface area contributed by atoms with E-state index < -0.39 is 0 Å². The number of ether oxygens (including phenoxy) is 2. The number of hydrogen-bond donors (Lipinski definition) is 1. The van der Waals surface area contributed by atoms with Crippen LogP contribution in [0.5, 0.6) is 0 Å². The quantitative estimate of drug-likeness (QED) is 0.878. The molecule has 0 unspecified atom stereocenters. The lowest BCUT2D eigenvalue weighted by molar-refractivity contribution is 0.0382. The first-order chi connectivity index (χ1) is 10.8. The highest BCUT2D eigenvalue weighted by Gasteiger charge is 2.25. The molecule has 0 fully saturated rings. The summed E-state index contributed by atoms with van der Waals surface area (Å²) in [6, 6.07) is 1.81. The van der Waals surface area contributed by atoms with Crippen molar-refractivity contribution in [1.82, 2.24) is 15.1 Å². The van der Waals surface area contributed by atoms with Gasteiger partial charge in [-0.05, 0) is 23.4 Å². The Morgan fingerprint density at radius 2 is 2.55 bits per heavy atom. The fraction of sp³-hybridized carbons (Fsp3) is 0.467. The third-order valence-corrected chi connectivity index (χ3v) is 4.30. The number of fused-ring (bicyclic) bond motifs is 1. The molecule has 0 spiro atoms. The average molecular weight is 321 g/mol. The minimum Gasteiger partial charge on any atom is -0.383 e. The second-order valence-electron chi connectivity index (χ2n) is 5.13. The van der Waals surface area contributed by atoms with Gasteiger partial charge in [0.05, 0.1) is 25.5 Å². The minimum absolute atomic E-state index is 0.0733. The summed E-state index contributed by atoms with van der Waals surface area (Å²) in [5.74, 6) is -0.0733. The van der Waals surface area contributed by atoms with E-state index in [1.165, 1.54) is 16.9 Å². The van der Waals surface area contributed by atoms with E-state index >= 15 is 0 Å². The van der Waals surface area contributed by atoms with E-state index in [1.54, 1.807) is 7.11 Å². The minimum atomic E-state index is -0.185. The van der Waals surface area contributed by atoms with E-state index in [-0.39, 0.29) is 12.0 Å². The summed E-state index contributed by atoms with van der Waals surface area (Å²) in [5, 5.41) is 11.2. The van der Waals surface area contributed by atoms with Crippen molar-refractivity contribution in [3.63, 3.8) is 0 Å². The van der Waals surface area contributed by atoms with Crippen LogP contribution in [0.1, 0.15) is 27.7 Å². The summed E-state index contributed by atoms with van der Waals surface area (Å²) in [4.78, 5) is 12.0. The lowest BCUT2D eigenvalue weighted by Gasteiger charge is -2.22. The van der Waals surface area contributed by atoms with Gasteiger partial charge in [0.1, 0.15) is 6.10 Å². The summed E-state index contributed by atoms with van der Waals surface area (Å²) in [7, 11) is 1.68. The Labute approximate surface area is 133 Å². The second kappa shape index (κ2) is 7.04. The van der Waals surface area contributed by atoms with Crippen LogP contribution in [-0.2, 0) is 22.4 Å². The standard InChI is InChI=1S/C15H19N3O3S/c1-20-6-4-18-9-11-2-5-21-13(14(11)17-18)8-16-15(19)12-3-7-22-10-12/h3,7,9-10,13H,2,4-6,8H2,1H3,(H,16,19)/t13-/m1/s1. The van der Waals surface area contributed by atoms with E-state index in [2.05, 4.69) is 10.4 Å². The fourth-order valence-corrected chi connectivity index (χ4v) is 3.10. The van der Waals surface area contributed by atoms with Gasteiger partial charge in [0.25, 0.3) is 5.91 Å². The van der Waals surface area contributed by atoms with Gasteiger partial charge in [0.15, 0.2) is 0 Å². The highest BCUT2D eigenvalue weighted by molar-refractivity contribution is 7.08. The molecular weight excluding hydrogens is 302 g/mol. The monoisotopic (exact) mass is 321 g/mol. The highest BCUT2D eigenvalue weighted by Crippen LogP contribution is 2.25. The molecule has 6 nitrogen and oxygen atoms in total. The molecule has 1 aliphatic rings. The number of hydrogen-bond acceptors (Lipinski definition) is 5. The van der Waals surface area contributed by atoms with Crippen LogP contribution < -0.4 is 5.32 Å². The summed E-state index contributed by atoms with van der Waals surface area (Å²) < 4.78 is 12.7. The van der Waals surface area contributed by atoms with Gasteiger partial charge in [0, 0.05) is 30.8 Å². The Bertz CT molecular complexity index is 624. The Morgan fingerprint density at radius 3 is 3.32 bits per heavy atom. The molecule has 1 atom stereocenters. The second-order valence-corrected chi connectivity index (χ2v) is 5.91. The Balaban J connectivity index is 1.64. The van der Waals surface area contributed by atoms with Crippen molar-refractivity contribution in [2.75, 3.05) is 26.9 Å². The van der Waals surface area contributed by atoms with Gasteiger partial charge < -0.3 is 14.8 Å².